The zero-order chi connectivity index (χ0) is 10.9. The van der Waals surface area contributed by atoms with Gasteiger partial charge in [0.1, 0.15) is 0 Å². The number of nitrogens with zero attached hydrogens (tertiary/aromatic N) is 1. The average molecular weight is 289 g/mol. The third-order valence-electron chi connectivity index (χ3n) is 3.01. The summed E-state index contributed by atoms with van der Waals surface area (Å²) in [7, 11) is 4.23. The summed E-state index contributed by atoms with van der Waals surface area (Å²) in [6, 6.07) is 2.19. The maximum Gasteiger partial charge on any atom is 0.0917 e. The van der Waals surface area contributed by atoms with Gasteiger partial charge < -0.3 is 10.2 Å². The molecule has 1 N–H and O–H groups in total. The molecule has 0 bridgehead atoms. The number of anilines is 1. The first-order chi connectivity index (χ1) is 7.15. The highest BCUT2D eigenvalue weighted by atomic mass is 79.9. The quantitative estimate of drug-likeness (QED) is 0.896. The van der Waals surface area contributed by atoms with Gasteiger partial charge in [0, 0.05) is 35.4 Å². The summed E-state index contributed by atoms with van der Waals surface area (Å²) in [5.74, 6) is 0. The lowest BCUT2D eigenvalue weighted by Crippen LogP contribution is -2.32. The zero-order valence-electron chi connectivity index (χ0n) is 9.22. The summed E-state index contributed by atoms with van der Waals surface area (Å²) in [6.45, 7) is 2.31. The van der Waals surface area contributed by atoms with E-state index in [2.05, 4.69) is 44.6 Å². The van der Waals surface area contributed by atoms with E-state index in [4.69, 9.17) is 0 Å². The molecule has 1 saturated carbocycles. The van der Waals surface area contributed by atoms with Crippen LogP contribution in [0, 0.1) is 5.41 Å². The second-order valence-electron chi connectivity index (χ2n) is 4.49. The van der Waals surface area contributed by atoms with Gasteiger partial charge in [-0.2, -0.15) is 0 Å². The van der Waals surface area contributed by atoms with Crippen LogP contribution in [0.5, 0.6) is 0 Å². The Morgan fingerprint density at radius 1 is 1.60 bits per heavy atom. The Bertz CT molecular complexity index is 333. The molecule has 2 nitrogen and oxygen atoms in total. The summed E-state index contributed by atoms with van der Waals surface area (Å²) < 4.78 is 1.19. The third kappa shape index (κ3) is 2.74. The number of thiophene rings is 1. The Hall–Kier alpha value is -0.0600. The van der Waals surface area contributed by atoms with Gasteiger partial charge in [0.25, 0.3) is 0 Å². The molecule has 1 aliphatic carbocycles. The van der Waals surface area contributed by atoms with E-state index >= 15 is 0 Å². The minimum absolute atomic E-state index is 0.542. The lowest BCUT2D eigenvalue weighted by atomic mass is 10.1. The normalized spacial score (nSPS) is 17.8. The molecular weight excluding hydrogens is 272 g/mol. The van der Waals surface area contributed by atoms with Gasteiger partial charge >= 0.3 is 0 Å². The molecule has 1 aromatic heterocycles. The van der Waals surface area contributed by atoms with Crippen molar-refractivity contribution in [3.8, 4) is 0 Å². The summed E-state index contributed by atoms with van der Waals surface area (Å²) in [5.41, 5.74) is 0.542. The van der Waals surface area contributed by atoms with Crippen molar-refractivity contribution < 1.29 is 0 Å². The number of nitrogens with one attached hydrogen (secondary N) is 1. The molecule has 0 atom stereocenters. The SMILES string of the molecule is CNCC1(CN(C)c2cc(Br)cs2)CC1. The number of rotatable bonds is 5. The summed E-state index contributed by atoms with van der Waals surface area (Å²) in [6.07, 6.45) is 2.73. The van der Waals surface area contributed by atoms with E-state index in [1.165, 1.54) is 28.9 Å². The Balaban J connectivity index is 1.95. The fourth-order valence-corrected chi connectivity index (χ4v) is 3.42. The minimum atomic E-state index is 0.542. The van der Waals surface area contributed by atoms with E-state index in [-0.39, 0.29) is 0 Å². The van der Waals surface area contributed by atoms with Crippen molar-refractivity contribution in [1.29, 1.82) is 0 Å². The first kappa shape index (κ1) is 11.4. The number of hydrogen-bond donors (Lipinski definition) is 1. The Morgan fingerprint density at radius 2 is 2.33 bits per heavy atom. The van der Waals surface area contributed by atoms with E-state index in [0.717, 1.165) is 6.54 Å². The average Bonchev–Trinajstić information content (AvgIpc) is 2.77. The van der Waals surface area contributed by atoms with Crippen molar-refractivity contribution in [1.82, 2.24) is 5.32 Å². The molecule has 0 aromatic carbocycles. The van der Waals surface area contributed by atoms with Gasteiger partial charge in [-0.1, -0.05) is 0 Å². The van der Waals surface area contributed by atoms with E-state index < -0.39 is 0 Å². The number of hydrogen-bond acceptors (Lipinski definition) is 3. The van der Waals surface area contributed by atoms with Crippen LogP contribution < -0.4 is 10.2 Å². The van der Waals surface area contributed by atoms with Gasteiger partial charge in [0.15, 0.2) is 0 Å². The second-order valence-corrected chi connectivity index (χ2v) is 6.29. The summed E-state index contributed by atoms with van der Waals surface area (Å²) >= 11 is 5.30. The lowest BCUT2D eigenvalue weighted by molar-refractivity contribution is 0.483. The highest BCUT2D eigenvalue weighted by Crippen LogP contribution is 2.46. The molecule has 1 aromatic rings. The molecule has 0 saturated heterocycles. The van der Waals surface area contributed by atoms with E-state index in [1.54, 1.807) is 11.3 Å². The smallest absolute Gasteiger partial charge is 0.0917 e. The van der Waals surface area contributed by atoms with Crippen LogP contribution >= 0.6 is 27.3 Å². The molecule has 84 valence electrons. The number of halogens is 1. The molecule has 0 amide bonds. The second kappa shape index (κ2) is 4.44. The van der Waals surface area contributed by atoms with Gasteiger partial charge in [-0.05, 0) is 41.9 Å². The molecule has 0 radical (unpaired) electrons. The van der Waals surface area contributed by atoms with Crippen molar-refractivity contribution in [2.75, 3.05) is 32.1 Å². The van der Waals surface area contributed by atoms with Crippen LogP contribution in [0.3, 0.4) is 0 Å². The van der Waals surface area contributed by atoms with Crippen LogP contribution in [0.1, 0.15) is 12.8 Å². The summed E-state index contributed by atoms with van der Waals surface area (Å²) in [4.78, 5) is 2.37. The zero-order valence-corrected chi connectivity index (χ0v) is 11.6. The first-order valence-corrected chi connectivity index (χ1v) is 6.92. The monoisotopic (exact) mass is 288 g/mol. The predicted octanol–water partition coefficient (Wildman–Crippen LogP) is 2.95. The maximum atomic E-state index is 3.50. The minimum Gasteiger partial charge on any atom is -0.366 e. The fourth-order valence-electron chi connectivity index (χ4n) is 2.03. The van der Waals surface area contributed by atoms with Crippen LogP contribution in [0.25, 0.3) is 0 Å². The lowest BCUT2D eigenvalue weighted by Gasteiger charge is -2.24. The molecule has 4 heteroatoms. The Labute approximate surface area is 104 Å². The van der Waals surface area contributed by atoms with Gasteiger partial charge in [-0.25, -0.2) is 0 Å². The predicted molar refractivity (Wildman–Crippen MR) is 70.9 cm³/mol. The van der Waals surface area contributed by atoms with Crippen LogP contribution in [0.2, 0.25) is 0 Å². The molecule has 1 heterocycles. The molecule has 1 aliphatic rings. The standard InChI is InChI=1S/C11H17BrN2S/c1-13-7-11(3-4-11)8-14(2)10-5-9(12)6-15-10/h5-6,13H,3-4,7-8H2,1-2H3. The molecular formula is C11H17BrN2S. The van der Waals surface area contributed by atoms with Crippen LogP contribution in [-0.4, -0.2) is 27.2 Å². The van der Waals surface area contributed by atoms with Crippen molar-refractivity contribution in [2.45, 2.75) is 12.8 Å². The van der Waals surface area contributed by atoms with Crippen LogP contribution in [0.4, 0.5) is 5.00 Å². The van der Waals surface area contributed by atoms with Gasteiger partial charge in [-0.15, -0.1) is 11.3 Å². The first-order valence-electron chi connectivity index (χ1n) is 5.25. The summed E-state index contributed by atoms with van der Waals surface area (Å²) in [5, 5.41) is 6.79. The molecule has 0 aliphatic heterocycles. The van der Waals surface area contributed by atoms with Crippen molar-refractivity contribution >= 4 is 32.3 Å². The van der Waals surface area contributed by atoms with Gasteiger partial charge in [0.2, 0.25) is 0 Å². The fraction of sp³-hybridized carbons (Fsp3) is 0.636. The highest BCUT2D eigenvalue weighted by Gasteiger charge is 2.42. The van der Waals surface area contributed by atoms with Crippen molar-refractivity contribution in [3.63, 3.8) is 0 Å². The van der Waals surface area contributed by atoms with Gasteiger partial charge in [0.05, 0.1) is 5.00 Å². The molecule has 0 unspecified atom stereocenters. The topological polar surface area (TPSA) is 15.3 Å². The van der Waals surface area contributed by atoms with Crippen molar-refractivity contribution in [2.24, 2.45) is 5.41 Å². The Kier molecular flexibility index (Phi) is 3.38. The van der Waals surface area contributed by atoms with E-state index in [1.807, 2.05) is 7.05 Å². The highest BCUT2D eigenvalue weighted by molar-refractivity contribution is 9.10. The van der Waals surface area contributed by atoms with E-state index in [0.29, 0.717) is 5.41 Å². The van der Waals surface area contributed by atoms with Crippen molar-refractivity contribution in [3.05, 3.63) is 15.9 Å². The molecule has 1 fully saturated rings. The Morgan fingerprint density at radius 3 is 2.80 bits per heavy atom. The maximum absolute atomic E-state index is 3.50. The molecule has 15 heavy (non-hydrogen) atoms. The van der Waals surface area contributed by atoms with Crippen LogP contribution in [-0.2, 0) is 0 Å². The third-order valence-corrected chi connectivity index (χ3v) is 4.81. The van der Waals surface area contributed by atoms with E-state index in [9.17, 15) is 0 Å². The van der Waals surface area contributed by atoms with Crippen LogP contribution in [0.15, 0.2) is 15.9 Å². The molecule has 2 rings (SSSR count). The van der Waals surface area contributed by atoms with Gasteiger partial charge in [-0.3, -0.25) is 0 Å². The largest absolute Gasteiger partial charge is 0.366 e. The molecule has 0 spiro atoms.